The summed E-state index contributed by atoms with van der Waals surface area (Å²) in [7, 11) is 0. The van der Waals surface area contributed by atoms with Gasteiger partial charge in [-0.2, -0.15) is 0 Å². The van der Waals surface area contributed by atoms with Crippen LogP contribution in [-0.2, 0) is 9.47 Å². The first-order valence-corrected chi connectivity index (χ1v) is 10.9. The summed E-state index contributed by atoms with van der Waals surface area (Å²) in [6.07, 6.45) is 13.3. The van der Waals surface area contributed by atoms with Gasteiger partial charge in [0.1, 0.15) is 4.33 Å². The van der Waals surface area contributed by atoms with Crippen molar-refractivity contribution >= 4 is 23.2 Å². The van der Waals surface area contributed by atoms with Gasteiger partial charge < -0.3 is 9.47 Å². The highest BCUT2D eigenvalue weighted by Gasteiger charge is 2.72. The van der Waals surface area contributed by atoms with Gasteiger partial charge in [0.15, 0.2) is 0 Å². The van der Waals surface area contributed by atoms with Crippen molar-refractivity contribution < 1.29 is 9.47 Å². The van der Waals surface area contributed by atoms with Gasteiger partial charge in [-0.05, 0) is 70.6 Å². The molecule has 0 amide bonds. The molecule has 0 aromatic carbocycles. The molecule has 0 unspecified atom stereocenters. The minimum atomic E-state index is -0.550. The second kappa shape index (κ2) is 7.62. The van der Waals surface area contributed by atoms with Crippen LogP contribution in [0.4, 0.5) is 0 Å². The highest BCUT2D eigenvalue weighted by atomic mass is 35.5. The van der Waals surface area contributed by atoms with Crippen molar-refractivity contribution in [1.29, 1.82) is 0 Å². The number of ether oxygens (including phenoxy) is 2. The molecule has 4 heteroatoms. The minimum absolute atomic E-state index is 0.138. The van der Waals surface area contributed by atoms with Gasteiger partial charge in [0.2, 0.25) is 0 Å². The molecule has 2 spiro atoms. The van der Waals surface area contributed by atoms with E-state index in [0.717, 1.165) is 77.4 Å². The molecule has 0 bridgehead atoms. The van der Waals surface area contributed by atoms with Crippen molar-refractivity contribution in [2.75, 3.05) is 13.2 Å². The van der Waals surface area contributed by atoms with Gasteiger partial charge in [0, 0.05) is 24.0 Å². The van der Waals surface area contributed by atoms with Crippen molar-refractivity contribution in [3.05, 3.63) is 0 Å². The van der Waals surface area contributed by atoms with E-state index in [4.69, 9.17) is 32.7 Å². The van der Waals surface area contributed by atoms with Gasteiger partial charge in [-0.3, -0.25) is 0 Å². The number of hydrogen-bond donors (Lipinski definition) is 0. The molecule has 0 aliphatic heterocycles. The summed E-state index contributed by atoms with van der Waals surface area (Å²) in [6, 6.07) is 0. The summed E-state index contributed by atoms with van der Waals surface area (Å²) in [5.41, 5.74) is 0.276. The maximum Gasteiger partial charge on any atom is 0.129 e. The molecule has 3 fully saturated rings. The third kappa shape index (κ3) is 3.26. The average Bonchev–Trinajstić information content (AvgIpc) is 2.60. The van der Waals surface area contributed by atoms with Crippen molar-refractivity contribution in [2.45, 2.75) is 101 Å². The lowest BCUT2D eigenvalue weighted by atomic mass is 9.44. The number of rotatable bonds is 6. The Morgan fingerprint density at radius 1 is 0.750 bits per heavy atom. The second-order valence-corrected chi connectivity index (χ2v) is 9.78. The fourth-order valence-corrected chi connectivity index (χ4v) is 6.52. The van der Waals surface area contributed by atoms with E-state index in [1.807, 2.05) is 0 Å². The predicted octanol–water partition coefficient (Wildman–Crippen LogP) is 6.28. The van der Waals surface area contributed by atoms with E-state index < -0.39 is 4.33 Å². The molecule has 0 aromatic rings. The Morgan fingerprint density at radius 3 is 1.42 bits per heavy atom. The minimum Gasteiger partial charge on any atom is -0.378 e. The third-order valence-electron chi connectivity index (χ3n) is 6.90. The highest BCUT2D eigenvalue weighted by molar-refractivity contribution is 6.50. The van der Waals surface area contributed by atoms with Crippen LogP contribution in [0.15, 0.2) is 0 Å². The van der Waals surface area contributed by atoms with E-state index in [-0.39, 0.29) is 10.8 Å². The van der Waals surface area contributed by atoms with Crippen LogP contribution < -0.4 is 0 Å². The predicted molar refractivity (Wildman–Crippen MR) is 101 cm³/mol. The molecule has 0 aromatic heterocycles. The molecule has 3 saturated carbocycles. The lowest BCUT2D eigenvalue weighted by Crippen LogP contribution is -2.67. The quantitative estimate of drug-likeness (QED) is 0.508. The molecule has 0 radical (unpaired) electrons. The first kappa shape index (κ1) is 19.3. The molecule has 3 aliphatic rings. The molecular formula is C20H34Cl2O2. The third-order valence-corrected chi connectivity index (χ3v) is 8.51. The SMILES string of the molecule is CCCOC1CCC2(CC1)CC1(CCC(OCCC)CC1)C2(Cl)Cl. The van der Waals surface area contributed by atoms with Crippen molar-refractivity contribution in [3.8, 4) is 0 Å². The maximum atomic E-state index is 7.06. The van der Waals surface area contributed by atoms with E-state index >= 15 is 0 Å². The Bertz CT molecular complexity index is 372. The summed E-state index contributed by atoms with van der Waals surface area (Å²) in [4.78, 5) is 0. The smallest absolute Gasteiger partial charge is 0.129 e. The Kier molecular flexibility index (Phi) is 6.12. The molecular weight excluding hydrogens is 343 g/mol. The zero-order valence-corrected chi connectivity index (χ0v) is 16.9. The standard InChI is InChI=1S/C20H34Cl2O2/c1-3-13-23-16-5-9-18(10-6-16)15-19(20(18,21)22)11-7-17(8-12-19)24-14-4-2/h16-17H,3-15H2,1-2H3. The first-order chi connectivity index (χ1) is 11.5. The Hall–Kier alpha value is 0.500. The number of alkyl halides is 2. The van der Waals surface area contributed by atoms with Crippen LogP contribution in [0, 0.1) is 10.8 Å². The Morgan fingerprint density at radius 2 is 1.12 bits per heavy atom. The van der Waals surface area contributed by atoms with Gasteiger partial charge in [-0.15, -0.1) is 23.2 Å². The van der Waals surface area contributed by atoms with E-state index in [1.54, 1.807) is 0 Å². The van der Waals surface area contributed by atoms with Crippen LogP contribution in [0.2, 0.25) is 0 Å². The maximum absolute atomic E-state index is 7.06. The Labute approximate surface area is 157 Å². The fraction of sp³-hybridized carbons (Fsp3) is 1.00. The molecule has 24 heavy (non-hydrogen) atoms. The molecule has 3 aliphatic carbocycles. The lowest BCUT2D eigenvalue weighted by molar-refractivity contribution is -0.139. The monoisotopic (exact) mass is 376 g/mol. The van der Waals surface area contributed by atoms with E-state index in [1.165, 1.54) is 6.42 Å². The summed E-state index contributed by atoms with van der Waals surface area (Å²) in [6.45, 7) is 6.10. The van der Waals surface area contributed by atoms with Crippen LogP contribution >= 0.6 is 23.2 Å². The summed E-state index contributed by atoms with van der Waals surface area (Å²) in [5.74, 6) is 0. The number of halogens is 2. The summed E-state index contributed by atoms with van der Waals surface area (Å²) >= 11 is 14.1. The van der Waals surface area contributed by atoms with Crippen LogP contribution in [-0.4, -0.2) is 29.8 Å². The van der Waals surface area contributed by atoms with Crippen molar-refractivity contribution in [2.24, 2.45) is 10.8 Å². The molecule has 0 saturated heterocycles. The van der Waals surface area contributed by atoms with Crippen LogP contribution in [0.1, 0.15) is 84.5 Å². The van der Waals surface area contributed by atoms with Gasteiger partial charge in [-0.25, -0.2) is 0 Å². The average molecular weight is 377 g/mol. The zero-order chi connectivity index (χ0) is 17.3. The molecule has 0 N–H and O–H groups in total. The van der Waals surface area contributed by atoms with E-state index in [2.05, 4.69) is 13.8 Å². The molecule has 0 atom stereocenters. The topological polar surface area (TPSA) is 18.5 Å². The van der Waals surface area contributed by atoms with Gasteiger partial charge in [0.05, 0.1) is 12.2 Å². The number of hydrogen-bond acceptors (Lipinski definition) is 2. The van der Waals surface area contributed by atoms with Crippen molar-refractivity contribution in [1.82, 2.24) is 0 Å². The van der Waals surface area contributed by atoms with Crippen LogP contribution in [0.3, 0.4) is 0 Å². The van der Waals surface area contributed by atoms with Crippen LogP contribution in [0.25, 0.3) is 0 Å². The van der Waals surface area contributed by atoms with E-state index in [0.29, 0.717) is 12.2 Å². The molecule has 140 valence electrons. The first-order valence-electron chi connectivity index (χ1n) is 10.1. The normalized spacial score (nSPS) is 41.5. The molecule has 2 nitrogen and oxygen atoms in total. The van der Waals surface area contributed by atoms with Crippen LogP contribution in [0.5, 0.6) is 0 Å². The summed E-state index contributed by atoms with van der Waals surface area (Å²) < 4.78 is 11.3. The van der Waals surface area contributed by atoms with Gasteiger partial charge >= 0.3 is 0 Å². The fourth-order valence-electron chi connectivity index (χ4n) is 5.50. The van der Waals surface area contributed by atoms with Gasteiger partial charge in [0.25, 0.3) is 0 Å². The van der Waals surface area contributed by atoms with E-state index in [9.17, 15) is 0 Å². The van der Waals surface area contributed by atoms with Gasteiger partial charge in [-0.1, -0.05) is 13.8 Å². The Balaban J connectivity index is 1.54. The zero-order valence-electron chi connectivity index (χ0n) is 15.4. The second-order valence-electron chi connectivity index (χ2n) is 8.45. The largest absolute Gasteiger partial charge is 0.378 e. The highest BCUT2D eigenvalue weighted by Crippen LogP contribution is 2.76. The molecule has 3 rings (SSSR count). The van der Waals surface area contributed by atoms with Crippen molar-refractivity contribution in [3.63, 3.8) is 0 Å². The molecule has 0 heterocycles. The summed E-state index contributed by atoms with van der Waals surface area (Å²) in [5, 5.41) is 0. The lowest BCUT2D eigenvalue weighted by Gasteiger charge is -2.69.